The minimum absolute atomic E-state index is 0.300. The van der Waals surface area contributed by atoms with E-state index < -0.39 is 0 Å². The van der Waals surface area contributed by atoms with Gasteiger partial charge in [0.05, 0.1) is 4.47 Å². The van der Waals surface area contributed by atoms with Crippen molar-refractivity contribution in [3.05, 3.63) is 46.8 Å². The molecule has 3 N–H and O–H groups in total. The molecule has 1 heterocycles. The van der Waals surface area contributed by atoms with E-state index in [0.717, 1.165) is 5.69 Å². The minimum Gasteiger partial charge on any atom is -0.399 e. The summed E-state index contributed by atoms with van der Waals surface area (Å²) in [6, 6.07) is 8.05. The minimum atomic E-state index is -0.300. The summed E-state index contributed by atoms with van der Waals surface area (Å²) in [6.07, 6.45) is 1.61. The fraction of sp³-hybridized carbons (Fsp3) is 0. The third-order valence-corrected chi connectivity index (χ3v) is 2.58. The molecule has 0 unspecified atom stereocenters. The van der Waals surface area contributed by atoms with Gasteiger partial charge in [0, 0.05) is 23.6 Å². The van der Waals surface area contributed by atoms with E-state index in [4.69, 9.17) is 5.73 Å². The normalized spacial score (nSPS) is 10.1. The SMILES string of the molecule is Nc1ccnc(Nc2ccc(F)c(Br)c2)c1. The van der Waals surface area contributed by atoms with Crippen LogP contribution in [-0.4, -0.2) is 4.98 Å². The molecule has 2 aromatic rings. The first-order valence-electron chi connectivity index (χ1n) is 4.59. The topological polar surface area (TPSA) is 50.9 Å². The van der Waals surface area contributed by atoms with Crippen molar-refractivity contribution in [3.8, 4) is 0 Å². The van der Waals surface area contributed by atoms with Gasteiger partial charge in [0.2, 0.25) is 0 Å². The first-order chi connectivity index (χ1) is 7.65. The predicted molar refractivity (Wildman–Crippen MR) is 66.0 cm³/mol. The van der Waals surface area contributed by atoms with Gasteiger partial charge in [-0.15, -0.1) is 0 Å². The maximum absolute atomic E-state index is 13.0. The number of hydrogen-bond acceptors (Lipinski definition) is 3. The Morgan fingerprint density at radius 1 is 1.25 bits per heavy atom. The second-order valence-electron chi connectivity index (χ2n) is 3.23. The van der Waals surface area contributed by atoms with E-state index in [-0.39, 0.29) is 5.82 Å². The van der Waals surface area contributed by atoms with Crippen molar-refractivity contribution < 1.29 is 4.39 Å². The van der Waals surface area contributed by atoms with Gasteiger partial charge in [-0.3, -0.25) is 0 Å². The van der Waals surface area contributed by atoms with Crippen molar-refractivity contribution in [1.82, 2.24) is 4.98 Å². The second kappa shape index (κ2) is 4.49. The van der Waals surface area contributed by atoms with Gasteiger partial charge >= 0.3 is 0 Å². The molecule has 1 aromatic heterocycles. The first-order valence-corrected chi connectivity index (χ1v) is 5.38. The van der Waals surface area contributed by atoms with Crippen molar-refractivity contribution >= 4 is 33.1 Å². The lowest BCUT2D eigenvalue weighted by Gasteiger charge is -2.06. The van der Waals surface area contributed by atoms with Gasteiger partial charge in [-0.2, -0.15) is 0 Å². The summed E-state index contributed by atoms with van der Waals surface area (Å²) in [5.74, 6) is 0.324. The van der Waals surface area contributed by atoms with Crippen LogP contribution in [0.3, 0.4) is 0 Å². The summed E-state index contributed by atoms with van der Waals surface area (Å²) < 4.78 is 13.4. The Morgan fingerprint density at radius 2 is 2.06 bits per heavy atom. The van der Waals surface area contributed by atoms with Crippen LogP contribution in [0.5, 0.6) is 0 Å². The maximum Gasteiger partial charge on any atom is 0.137 e. The second-order valence-corrected chi connectivity index (χ2v) is 4.08. The molecule has 0 saturated carbocycles. The molecule has 0 radical (unpaired) electrons. The number of nitrogens with one attached hydrogen (secondary N) is 1. The zero-order valence-electron chi connectivity index (χ0n) is 8.24. The number of anilines is 3. The lowest BCUT2D eigenvalue weighted by Crippen LogP contribution is -1.95. The van der Waals surface area contributed by atoms with Crippen LogP contribution in [-0.2, 0) is 0 Å². The van der Waals surface area contributed by atoms with Crippen molar-refractivity contribution in [2.75, 3.05) is 11.1 Å². The van der Waals surface area contributed by atoms with Crippen LogP contribution in [0.15, 0.2) is 41.0 Å². The highest BCUT2D eigenvalue weighted by Gasteiger charge is 2.01. The molecular formula is C11H9BrFN3. The van der Waals surface area contributed by atoms with E-state index >= 15 is 0 Å². The lowest BCUT2D eigenvalue weighted by atomic mass is 10.3. The molecule has 0 aliphatic rings. The highest BCUT2D eigenvalue weighted by molar-refractivity contribution is 9.10. The number of halogens is 2. The predicted octanol–water partition coefficient (Wildman–Crippen LogP) is 3.31. The Hall–Kier alpha value is -1.62. The maximum atomic E-state index is 13.0. The number of nitrogens with two attached hydrogens (primary N) is 1. The van der Waals surface area contributed by atoms with Crippen molar-refractivity contribution in [1.29, 1.82) is 0 Å². The van der Waals surface area contributed by atoms with Gasteiger partial charge in [-0.05, 0) is 40.2 Å². The molecule has 0 saturated heterocycles. The fourth-order valence-corrected chi connectivity index (χ4v) is 1.62. The Balaban J connectivity index is 2.24. The number of benzene rings is 1. The van der Waals surface area contributed by atoms with E-state index in [1.54, 1.807) is 30.5 Å². The van der Waals surface area contributed by atoms with Crippen LogP contribution in [0.25, 0.3) is 0 Å². The summed E-state index contributed by atoms with van der Waals surface area (Å²) in [5.41, 5.74) is 6.98. The Morgan fingerprint density at radius 3 is 2.75 bits per heavy atom. The van der Waals surface area contributed by atoms with E-state index in [2.05, 4.69) is 26.2 Å². The van der Waals surface area contributed by atoms with Crippen LogP contribution < -0.4 is 11.1 Å². The number of nitrogens with zero attached hydrogens (tertiary/aromatic N) is 1. The zero-order chi connectivity index (χ0) is 11.5. The van der Waals surface area contributed by atoms with Crippen LogP contribution in [0.4, 0.5) is 21.6 Å². The summed E-state index contributed by atoms with van der Waals surface area (Å²) in [6.45, 7) is 0. The summed E-state index contributed by atoms with van der Waals surface area (Å²) in [7, 11) is 0. The van der Waals surface area contributed by atoms with Gasteiger partial charge in [0.1, 0.15) is 11.6 Å². The molecule has 16 heavy (non-hydrogen) atoms. The third-order valence-electron chi connectivity index (χ3n) is 1.98. The van der Waals surface area contributed by atoms with E-state index in [0.29, 0.717) is 16.0 Å². The summed E-state index contributed by atoms with van der Waals surface area (Å²) >= 11 is 3.11. The average molecular weight is 282 g/mol. The van der Waals surface area contributed by atoms with Gasteiger partial charge in [0.25, 0.3) is 0 Å². The van der Waals surface area contributed by atoms with E-state index in [1.165, 1.54) is 6.07 Å². The molecule has 0 aliphatic carbocycles. The van der Waals surface area contributed by atoms with Gasteiger partial charge in [0.15, 0.2) is 0 Å². The van der Waals surface area contributed by atoms with Gasteiger partial charge < -0.3 is 11.1 Å². The number of nitrogen functional groups attached to an aromatic ring is 1. The van der Waals surface area contributed by atoms with Crippen molar-refractivity contribution in [3.63, 3.8) is 0 Å². The Bertz CT molecular complexity index is 516. The van der Waals surface area contributed by atoms with Crippen LogP contribution in [0.1, 0.15) is 0 Å². The van der Waals surface area contributed by atoms with Crippen LogP contribution >= 0.6 is 15.9 Å². The van der Waals surface area contributed by atoms with Crippen LogP contribution in [0.2, 0.25) is 0 Å². The molecule has 5 heteroatoms. The van der Waals surface area contributed by atoms with Gasteiger partial charge in [-0.1, -0.05) is 0 Å². The largest absolute Gasteiger partial charge is 0.399 e. The quantitative estimate of drug-likeness (QED) is 0.888. The van der Waals surface area contributed by atoms with Crippen molar-refractivity contribution in [2.45, 2.75) is 0 Å². The molecule has 0 fully saturated rings. The van der Waals surface area contributed by atoms with E-state index in [9.17, 15) is 4.39 Å². The molecule has 0 bridgehead atoms. The lowest BCUT2D eigenvalue weighted by molar-refractivity contribution is 0.621. The molecule has 2 rings (SSSR count). The molecule has 0 spiro atoms. The molecule has 3 nitrogen and oxygen atoms in total. The molecule has 82 valence electrons. The highest BCUT2D eigenvalue weighted by atomic mass is 79.9. The monoisotopic (exact) mass is 281 g/mol. The number of aromatic nitrogens is 1. The number of pyridine rings is 1. The smallest absolute Gasteiger partial charge is 0.137 e. The van der Waals surface area contributed by atoms with Gasteiger partial charge in [-0.25, -0.2) is 9.37 Å². The Kier molecular flexibility index (Phi) is 3.05. The first kappa shape index (κ1) is 10.9. The van der Waals surface area contributed by atoms with Crippen molar-refractivity contribution in [2.24, 2.45) is 0 Å². The molecule has 0 atom stereocenters. The summed E-state index contributed by atoms with van der Waals surface area (Å²) in [4.78, 5) is 4.09. The van der Waals surface area contributed by atoms with E-state index in [1.807, 2.05) is 0 Å². The average Bonchev–Trinajstić information content (AvgIpc) is 2.24. The number of hydrogen-bond donors (Lipinski definition) is 2. The standard InChI is InChI=1S/C11H9BrFN3/c12-9-6-8(1-2-10(9)13)16-11-5-7(14)3-4-15-11/h1-6H,(H3,14,15,16). The third kappa shape index (κ3) is 2.49. The molecule has 1 aromatic carbocycles. The molecular weight excluding hydrogens is 273 g/mol. The number of rotatable bonds is 2. The fourth-order valence-electron chi connectivity index (χ4n) is 1.24. The summed E-state index contributed by atoms with van der Waals surface area (Å²) in [5, 5.41) is 3.02. The Labute approximate surface area is 101 Å². The highest BCUT2D eigenvalue weighted by Crippen LogP contribution is 2.22. The van der Waals surface area contributed by atoms with Crippen LogP contribution in [0, 0.1) is 5.82 Å². The molecule has 0 amide bonds. The zero-order valence-corrected chi connectivity index (χ0v) is 9.83. The molecule has 0 aliphatic heterocycles.